The molecule has 1 saturated heterocycles. The van der Waals surface area contributed by atoms with Crippen molar-refractivity contribution in [3.05, 3.63) is 16.5 Å². The van der Waals surface area contributed by atoms with Crippen LogP contribution in [0.25, 0.3) is 0 Å². The molecule has 0 amide bonds. The summed E-state index contributed by atoms with van der Waals surface area (Å²) in [6, 6.07) is 1.75. The Balaban J connectivity index is 2.28. The minimum Gasteiger partial charge on any atom is -0.452 e. The van der Waals surface area contributed by atoms with Gasteiger partial charge in [0, 0.05) is 31.7 Å². The van der Waals surface area contributed by atoms with E-state index in [1.165, 1.54) is 10.4 Å². The molecule has 0 aromatic carbocycles. The lowest BCUT2D eigenvalue weighted by atomic mass is 10.1. The van der Waals surface area contributed by atoms with E-state index < -0.39 is 10.0 Å². The fourth-order valence-electron chi connectivity index (χ4n) is 2.39. The third kappa shape index (κ3) is 2.94. The van der Waals surface area contributed by atoms with Crippen molar-refractivity contribution in [2.75, 3.05) is 26.7 Å². The van der Waals surface area contributed by atoms with Gasteiger partial charge in [-0.3, -0.25) is 0 Å². The molecule has 0 bridgehead atoms. The summed E-state index contributed by atoms with van der Waals surface area (Å²) in [5.41, 5.74) is 5.49. The highest BCUT2D eigenvalue weighted by Crippen LogP contribution is 2.29. The third-order valence-electron chi connectivity index (χ3n) is 3.74. The van der Waals surface area contributed by atoms with Gasteiger partial charge in [0.1, 0.15) is 10.7 Å². The average molecular weight is 366 g/mol. The number of rotatable bonds is 4. The lowest BCUT2D eigenvalue weighted by molar-refractivity contribution is 0.144. The zero-order valence-electron chi connectivity index (χ0n) is 11.7. The first-order valence-corrected chi connectivity index (χ1v) is 8.82. The Labute approximate surface area is 128 Å². The summed E-state index contributed by atoms with van der Waals surface area (Å²) in [5.74, 6) is 0.455. The number of piperazine rings is 1. The molecule has 20 heavy (non-hydrogen) atoms. The molecular formula is C12H20BrN3O3S. The van der Waals surface area contributed by atoms with Crippen LogP contribution in [0.1, 0.15) is 19.1 Å². The molecule has 1 aromatic heterocycles. The second-order valence-corrected chi connectivity index (χ2v) is 7.59. The van der Waals surface area contributed by atoms with Crippen molar-refractivity contribution in [2.45, 2.75) is 30.8 Å². The van der Waals surface area contributed by atoms with Crippen molar-refractivity contribution < 1.29 is 12.8 Å². The van der Waals surface area contributed by atoms with Crippen molar-refractivity contribution in [3.8, 4) is 0 Å². The van der Waals surface area contributed by atoms with E-state index in [-0.39, 0.29) is 22.2 Å². The fraction of sp³-hybridized carbons (Fsp3) is 0.667. The number of furan rings is 1. The highest BCUT2D eigenvalue weighted by atomic mass is 79.9. The second kappa shape index (κ2) is 6.15. The summed E-state index contributed by atoms with van der Waals surface area (Å²) in [6.45, 7) is 3.97. The molecule has 114 valence electrons. The summed E-state index contributed by atoms with van der Waals surface area (Å²) in [7, 11) is -1.51. The molecule has 8 heteroatoms. The lowest BCUT2D eigenvalue weighted by Crippen LogP contribution is -2.52. The molecule has 2 heterocycles. The molecule has 0 radical (unpaired) electrons. The topological polar surface area (TPSA) is 79.8 Å². The maximum atomic E-state index is 12.7. The molecule has 0 aliphatic carbocycles. The van der Waals surface area contributed by atoms with E-state index in [2.05, 4.69) is 27.8 Å². The van der Waals surface area contributed by atoms with E-state index in [0.29, 0.717) is 18.8 Å². The Morgan fingerprint density at radius 1 is 1.50 bits per heavy atom. The first-order valence-electron chi connectivity index (χ1n) is 6.58. The monoisotopic (exact) mass is 365 g/mol. The average Bonchev–Trinajstić information content (AvgIpc) is 2.81. The maximum Gasteiger partial charge on any atom is 0.247 e. The first kappa shape index (κ1) is 16.0. The van der Waals surface area contributed by atoms with Crippen LogP contribution in [0.2, 0.25) is 0 Å². The molecule has 2 rings (SSSR count). The predicted molar refractivity (Wildman–Crippen MR) is 79.8 cm³/mol. The van der Waals surface area contributed by atoms with E-state index in [4.69, 9.17) is 10.2 Å². The Morgan fingerprint density at radius 2 is 2.20 bits per heavy atom. The van der Waals surface area contributed by atoms with Crippen molar-refractivity contribution in [1.82, 2.24) is 9.21 Å². The Morgan fingerprint density at radius 3 is 2.75 bits per heavy atom. The number of nitrogens with zero attached hydrogens (tertiary/aromatic N) is 2. The van der Waals surface area contributed by atoms with Gasteiger partial charge in [0.05, 0.1) is 6.54 Å². The van der Waals surface area contributed by atoms with Gasteiger partial charge in [-0.1, -0.05) is 6.92 Å². The molecule has 0 spiro atoms. The number of sulfonamides is 1. The second-order valence-electron chi connectivity index (χ2n) is 4.96. The van der Waals surface area contributed by atoms with Crippen LogP contribution in [-0.4, -0.2) is 50.3 Å². The van der Waals surface area contributed by atoms with Crippen LogP contribution in [0, 0.1) is 0 Å². The first-order chi connectivity index (χ1) is 9.40. The van der Waals surface area contributed by atoms with Crippen LogP contribution in [0.5, 0.6) is 0 Å². The molecule has 0 saturated carbocycles. The van der Waals surface area contributed by atoms with Crippen LogP contribution in [-0.2, 0) is 16.6 Å². The fourth-order valence-corrected chi connectivity index (χ4v) is 4.82. The quantitative estimate of drug-likeness (QED) is 0.867. The third-order valence-corrected chi connectivity index (χ3v) is 6.46. The van der Waals surface area contributed by atoms with E-state index in [1.807, 2.05) is 7.05 Å². The van der Waals surface area contributed by atoms with Crippen molar-refractivity contribution in [3.63, 3.8) is 0 Å². The van der Waals surface area contributed by atoms with Crippen molar-refractivity contribution >= 4 is 26.0 Å². The molecule has 1 aromatic rings. The van der Waals surface area contributed by atoms with E-state index >= 15 is 0 Å². The molecule has 1 atom stereocenters. The van der Waals surface area contributed by atoms with Crippen LogP contribution in [0.15, 0.2) is 20.0 Å². The summed E-state index contributed by atoms with van der Waals surface area (Å²) < 4.78 is 32.4. The molecule has 1 unspecified atom stereocenters. The maximum absolute atomic E-state index is 12.7. The molecule has 1 aliphatic rings. The minimum absolute atomic E-state index is 0.164. The Bertz CT molecular complexity index is 573. The van der Waals surface area contributed by atoms with Gasteiger partial charge >= 0.3 is 0 Å². The van der Waals surface area contributed by atoms with Crippen LogP contribution < -0.4 is 5.73 Å². The molecular weight excluding hydrogens is 346 g/mol. The normalized spacial score (nSPS) is 22.3. The lowest BCUT2D eigenvalue weighted by Gasteiger charge is -2.38. The summed E-state index contributed by atoms with van der Waals surface area (Å²) >= 11 is 3.17. The number of nitrogens with two attached hydrogens (primary N) is 1. The molecule has 1 fully saturated rings. The number of likely N-dealkylation sites (N-methyl/N-ethyl adjacent to an activating group) is 1. The molecule has 6 nitrogen and oxygen atoms in total. The number of halogens is 1. The van der Waals surface area contributed by atoms with E-state index in [0.717, 1.165) is 13.0 Å². The minimum atomic E-state index is -3.54. The molecule has 1 aliphatic heterocycles. The van der Waals surface area contributed by atoms with Gasteiger partial charge in [-0.25, -0.2) is 8.42 Å². The highest BCUT2D eigenvalue weighted by Gasteiger charge is 2.34. The predicted octanol–water partition coefficient (Wildman–Crippen LogP) is 1.22. The standard InChI is InChI=1S/C12H20BrN3O3S/c1-3-9-8-16(5-4-15(9)2)20(17,18)11-6-10(7-14)19-12(11)13/h6,9H,3-5,7-8,14H2,1-2H3. The SMILES string of the molecule is CCC1CN(S(=O)(=O)c2cc(CN)oc2Br)CCN1C. The van der Waals surface area contributed by atoms with Gasteiger partial charge in [0.2, 0.25) is 10.0 Å². The number of hydrogen-bond acceptors (Lipinski definition) is 5. The summed E-state index contributed by atoms with van der Waals surface area (Å²) in [4.78, 5) is 2.36. The Hall–Kier alpha value is -0.410. The van der Waals surface area contributed by atoms with Gasteiger partial charge in [0.25, 0.3) is 0 Å². The molecule has 2 N–H and O–H groups in total. The van der Waals surface area contributed by atoms with Crippen LogP contribution in [0.4, 0.5) is 0 Å². The summed E-state index contributed by atoms with van der Waals surface area (Å²) in [6.07, 6.45) is 0.920. The van der Waals surface area contributed by atoms with Crippen LogP contribution >= 0.6 is 15.9 Å². The number of hydrogen-bond donors (Lipinski definition) is 1. The van der Waals surface area contributed by atoms with Gasteiger partial charge in [-0.15, -0.1) is 0 Å². The largest absolute Gasteiger partial charge is 0.452 e. The van der Waals surface area contributed by atoms with Crippen molar-refractivity contribution in [2.24, 2.45) is 5.73 Å². The van der Waals surface area contributed by atoms with Gasteiger partial charge in [-0.05, 0) is 29.4 Å². The smallest absolute Gasteiger partial charge is 0.247 e. The van der Waals surface area contributed by atoms with E-state index in [1.54, 1.807) is 0 Å². The van der Waals surface area contributed by atoms with E-state index in [9.17, 15) is 8.42 Å². The van der Waals surface area contributed by atoms with Crippen molar-refractivity contribution in [1.29, 1.82) is 0 Å². The summed E-state index contributed by atoms with van der Waals surface area (Å²) in [5, 5.41) is 0. The van der Waals surface area contributed by atoms with Gasteiger partial charge in [-0.2, -0.15) is 4.31 Å². The van der Waals surface area contributed by atoms with Gasteiger partial charge < -0.3 is 15.1 Å². The Kier molecular flexibility index (Phi) is 4.91. The zero-order chi connectivity index (χ0) is 14.9. The zero-order valence-corrected chi connectivity index (χ0v) is 14.1. The van der Waals surface area contributed by atoms with Crippen LogP contribution in [0.3, 0.4) is 0 Å². The van der Waals surface area contributed by atoms with Gasteiger partial charge in [0.15, 0.2) is 4.67 Å². The highest BCUT2D eigenvalue weighted by molar-refractivity contribution is 9.10.